The number of nitrogens with one attached hydrogen (secondary N) is 1. The molecule has 0 unspecified atom stereocenters. The lowest BCUT2D eigenvalue weighted by Gasteiger charge is -2.34. The van der Waals surface area contributed by atoms with Crippen LogP contribution in [0.15, 0.2) is 0 Å². The van der Waals surface area contributed by atoms with Crippen LogP contribution in [-0.2, 0) is 9.53 Å². The van der Waals surface area contributed by atoms with Gasteiger partial charge >= 0.3 is 6.09 Å². The minimum Gasteiger partial charge on any atom is -0.444 e. The molecule has 0 radical (unpaired) electrons. The molecule has 0 aliphatic carbocycles. The van der Waals surface area contributed by atoms with Gasteiger partial charge in [-0.15, -0.1) is 11.6 Å². The molecular formula is C12H21ClN2O3. The number of likely N-dealkylation sites (tertiary alicyclic amines) is 1. The monoisotopic (exact) mass is 276 g/mol. The smallest absolute Gasteiger partial charge is 0.410 e. The van der Waals surface area contributed by atoms with Gasteiger partial charge in [-0.3, -0.25) is 4.79 Å². The second-order valence-electron chi connectivity index (χ2n) is 5.47. The minimum absolute atomic E-state index is 0.0301. The third kappa shape index (κ3) is 5.12. The lowest BCUT2D eigenvalue weighted by atomic mass is 10.1. The molecular weight excluding hydrogens is 256 g/mol. The molecule has 2 amide bonds. The van der Waals surface area contributed by atoms with Gasteiger partial charge in [0.15, 0.2) is 0 Å². The average Bonchev–Trinajstić information content (AvgIpc) is 2.27. The molecule has 104 valence electrons. The second-order valence-corrected chi connectivity index (χ2v) is 5.73. The molecule has 18 heavy (non-hydrogen) atoms. The van der Waals surface area contributed by atoms with Gasteiger partial charge in [0.1, 0.15) is 11.5 Å². The zero-order chi connectivity index (χ0) is 13.8. The van der Waals surface area contributed by atoms with Crippen LogP contribution in [-0.4, -0.2) is 47.5 Å². The molecule has 1 saturated heterocycles. The predicted octanol–water partition coefficient (Wildman–Crippen LogP) is 1.74. The van der Waals surface area contributed by atoms with E-state index in [0.29, 0.717) is 13.1 Å². The zero-order valence-electron chi connectivity index (χ0n) is 11.2. The van der Waals surface area contributed by atoms with Gasteiger partial charge in [-0.05, 0) is 33.6 Å². The number of ether oxygens (including phenoxy) is 1. The van der Waals surface area contributed by atoms with Crippen molar-refractivity contribution >= 4 is 23.6 Å². The van der Waals surface area contributed by atoms with Gasteiger partial charge in [-0.1, -0.05) is 0 Å². The highest BCUT2D eigenvalue weighted by Crippen LogP contribution is 2.15. The van der Waals surface area contributed by atoms with E-state index in [1.807, 2.05) is 20.8 Å². The molecule has 1 rings (SSSR count). The Balaban J connectivity index is 2.48. The highest BCUT2D eigenvalue weighted by Gasteiger charge is 2.28. The molecule has 6 heteroatoms. The largest absolute Gasteiger partial charge is 0.444 e. The summed E-state index contributed by atoms with van der Waals surface area (Å²) in [4.78, 5) is 24.7. The van der Waals surface area contributed by atoms with E-state index in [1.165, 1.54) is 0 Å². The van der Waals surface area contributed by atoms with Crippen molar-refractivity contribution < 1.29 is 14.3 Å². The normalized spacial score (nSPS) is 20.4. The van der Waals surface area contributed by atoms with Crippen molar-refractivity contribution in [1.29, 1.82) is 0 Å². The molecule has 1 aliphatic heterocycles. The van der Waals surface area contributed by atoms with Crippen molar-refractivity contribution in [2.24, 2.45) is 0 Å². The number of carbonyl (C=O) groups is 2. The number of alkyl halides is 1. The predicted molar refractivity (Wildman–Crippen MR) is 69.7 cm³/mol. The Morgan fingerprint density at radius 3 is 2.67 bits per heavy atom. The van der Waals surface area contributed by atoms with E-state index in [-0.39, 0.29) is 23.9 Å². The van der Waals surface area contributed by atoms with E-state index in [2.05, 4.69) is 5.32 Å². The van der Waals surface area contributed by atoms with Crippen molar-refractivity contribution in [2.45, 2.75) is 45.3 Å². The van der Waals surface area contributed by atoms with Crippen LogP contribution in [0.4, 0.5) is 4.79 Å². The molecule has 0 saturated carbocycles. The Morgan fingerprint density at radius 2 is 2.11 bits per heavy atom. The minimum atomic E-state index is -0.497. The average molecular weight is 277 g/mol. The summed E-state index contributed by atoms with van der Waals surface area (Å²) in [6, 6.07) is -0.0301. The lowest BCUT2D eigenvalue weighted by Crippen LogP contribution is -2.50. The number of piperidine rings is 1. The number of carbonyl (C=O) groups excluding carboxylic acids is 2. The fourth-order valence-corrected chi connectivity index (χ4v) is 1.93. The first-order chi connectivity index (χ1) is 8.31. The van der Waals surface area contributed by atoms with Crippen LogP contribution in [0, 0.1) is 0 Å². The van der Waals surface area contributed by atoms with Gasteiger partial charge in [0, 0.05) is 19.1 Å². The van der Waals surface area contributed by atoms with E-state index in [0.717, 1.165) is 12.8 Å². The fraction of sp³-hybridized carbons (Fsp3) is 0.833. The Bertz CT molecular complexity index is 315. The molecule has 1 fully saturated rings. The van der Waals surface area contributed by atoms with E-state index < -0.39 is 5.60 Å². The van der Waals surface area contributed by atoms with Crippen LogP contribution in [0.25, 0.3) is 0 Å². The van der Waals surface area contributed by atoms with Gasteiger partial charge in [0.25, 0.3) is 0 Å². The van der Waals surface area contributed by atoms with Crippen LogP contribution in [0.3, 0.4) is 0 Å². The third-order valence-corrected chi connectivity index (χ3v) is 2.80. The Morgan fingerprint density at radius 1 is 1.44 bits per heavy atom. The maximum absolute atomic E-state index is 11.9. The summed E-state index contributed by atoms with van der Waals surface area (Å²) in [5.41, 5.74) is -0.497. The Labute approximate surface area is 113 Å². The topological polar surface area (TPSA) is 58.6 Å². The van der Waals surface area contributed by atoms with E-state index in [1.54, 1.807) is 4.90 Å². The molecule has 0 aromatic rings. The van der Waals surface area contributed by atoms with E-state index in [4.69, 9.17) is 16.3 Å². The number of hydrogen-bond donors (Lipinski definition) is 1. The first-order valence-electron chi connectivity index (χ1n) is 6.15. The number of amides is 2. The Kier molecular flexibility index (Phi) is 5.26. The molecule has 5 nitrogen and oxygen atoms in total. The van der Waals surface area contributed by atoms with E-state index >= 15 is 0 Å². The summed E-state index contributed by atoms with van der Waals surface area (Å²) < 4.78 is 5.31. The van der Waals surface area contributed by atoms with E-state index in [9.17, 15) is 9.59 Å². The highest BCUT2D eigenvalue weighted by molar-refractivity contribution is 6.27. The molecule has 0 spiro atoms. The van der Waals surface area contributed by atoms with Gasteiger partial charge in [-0.25, -0.2) is 4.79 Å². The van der Waals surface area contributed by atoms with Crippen LogP contribution in [0.5, 0.6) is 0 Å². The molecule has 1 heterocycles. The summed E-state index contributed by atoms with van der Waals surface area (Å²) in [6.45, 7) is 6.66. The lowest BCUT2D eigenvalue weighted by molar-refractivity contribution is -0.119. The number of nitrogens with zero attached hydrogens (tertiary/aromatic N) is 1. The number of halogens is 1. The van der Waals surface area contributed by atoms with Crippen molar-refractivity contribution in [2.75, 3.05) is 19.0 Å². The van der Waals surface area contributed by atoms with Crippen LogP contribution in [0.2, 0.25) is 0 Å². The maximum atomic E-state index is 11.9. The molecule has 1 N–H and O–H groups in total. The zero-order valence-corrected chi connectivity index (χ0v) is 11.9. The summed E-state index contributed by atoms with van der Waals surface area (Å²) in [5.74, 6) is -0.254. The number of rotatable bonds is 2. The maximum Gasteiger partial charge on any atom is 0.410 e. The quantitative estimate of drug-likeness (QED) is 0.782. The first-order valence-corrected chi connectivity index (χ1v) is 6.68. The van der Waals surface area contributed by atoms with Crippen LogP contribution in [0.1, 0.15) is 33.6 Å². The number of hydrogen-bond acceptors (Lipinski definition) is 3. The molecule has 1 atom stereocenters. The molecule has 0 aromatic carbocycles. The van der Waals surface area contributed by atoms with Gasteiger partial charge in [0.05, 0.1) is 0 Å². The highest BCUT2D eigenvalue weighted by atomic mass is 35.5. The molecule has 1 aliphatic rings. The van der Waals surface area contributed by atoms with Crippen LogP contribution >= 0.6 is 11.6 Å². The van der Waals surface area contributed by atoms with Gasteiger partial charge < -0.3 is 15.0 Å². The SMILES string of the molecule is CC(C)(C)OC(=O)N1CCC[C@@H](NC(=O)CCl)C1. The van der Waals surface area contributed by atoms with Crippen LogP contribution < -0.4 is 5.32 Å². The first kappa shape index (κ1) is 15.1. The summed E-state index contributed by atoms with van der Waals surface area (Å²) >= 11 is 5.44. The van der Waals surface area contributed by atoms with Crippen molar-refractivity contribution in [3.8, 4) is 0 Å². The molecule has 0 bridgehead atoms. The second kappa shape index (κ2) is 6.27. The third-order valence-electron chi connectivity index (χ3n) is 2.56. The molecule has 0 aromatic heterocycles. The van der Waals surface area contributed by atoms with Crippen molar-refractivity contribution in [3.05, 3.63) is 0 Å². The van der Waals surface area contributed by atoms with Gasteiger partial charge in [-0.2, -0.15) is 0 Å². The standard InChI is InChI=1S/C12H21ClN2O3/c1-12(2,3)18-11(17)15-6-4-5-9(8-15)14-10(16)7-13/h9H,4-8H2,1-3H3,(H,14,16)/t9-/m1/s1. The Hall–Kier alpha value is -0.970. The summed E-state index contributed by atoms with van der Waals surface area (Å²) in [5, 5.41) is 2.80. The van der Waals surface area contributed by atoms with Crippen molar-refractivity contribution in [1.82, 2.24) is 10.2 Å². The fourth-order valence-electron chi connectivity index (χ4n) is 1.85. The van der Waals surface area contributed by atoms with Gasteiger partial charge in [0.2, 0.25) is 5.91 Å². The summed E-state index contributed by atoms with van der Waals surface area (Å²) in [7, 11) is 0. The summed E-state index contributed by atoms with van der Waals surface area (Å²) in [6.07, 6.45) is 1.39. The van der Waals surface area contributed by atoms with Crippen molar-refractivity contribution in [3.63, 3.8) is 0 Å².